The number of hydrogen-bond donors (Lipinski definition) is 3. The Morgan fingerprint density at radius 1 is 1.13 bits per heavy atom. The van der Waals surface area contributed by atoms with Crippen molar-refractivity contribution in [3.05, 3.63) is 30.5 Å². The number of piperazine rings is 1. The average Bonchev–Trinajstić information content (AvgIpc) is 3.57. The molecule has 2 aliphatic heterocycles. The van der Waals surface area contributed by atoms with E-state index >= 15 is 0 Å². The smallest absolute Gasteiger partial charge is 0.306 e. The number of ether oxygens (including phenoxy) is 3. The van der Waals surface area contributed by atoms with Crippen LogP contribution in [-0.2, 0) is 25.6 Å². The number of hydrazine groups is 1. The molecular weight excluding hydrogens is 506 g/mol. The highest BCUT2D eigenvalue weighted by molar-refractivity contribution is 5.90. The van der Waals surface area contributed by atoms with Crippen LogP contribution in [0.3, 0.4) is 0 Å². The largest absolute Gasteiger partial charge is 0.491 e. The number of carbonyl (C=O) groups excluding carboxylic acids is 2. The molecule has 3 aromatic rings. The zero-order valence-electron chi connectivity index (χ0n) is 21.8. The number of esters is 1. The predicted octanol–water partition coefficient (Wildman–Crippen LogP) is 0.405. The molecule has 0 spiro atoms. The lowest BCUT2D eigenvalue weighted by Gasteiger charge is -2.36. The van der Waals surface area contributed by atoms with E-state index in [1.165, 1.54) is 5.69 Å². The van der Waals surface area contributed by atoms with Crippen LogP contribution in [0.25, 0.3) is 11.0 Å². The summed E-state index contributed by atoms with van der Waals surface area (Å²) in [5, 5.41) is 5.09. The minimum Gasteiger partial charge on any atom is -0.491 e. The van der Waals surface area contributed by atoms with E-state index in [4.69, 9.17) is 19.9 Å². The third-order valence-corrected chi connectivity index (χ3v) is 6.75. The number of anilines is 3. The first kappa shape index (κ1) is 26.4. The highest BCUT2D eigenvalue weighted by Gasteiger charge is 2.30. The molecule has 4 heterocycles. The molecule has 2 aromatic heterocycles. The van der Waals surface area contributed by atoms with E-state index in [-0.39, 0.29) is 18.3 Å². The summed E-state index contributed by atoms with van der Waals surface area (Å²) in [6.07, 6.45) is 1.39. The van der Waals surface area contributed by atoms with Crippen LogP contribution in [-0.4, -0.2) is 95.7 Å². The van der Waals surface area contributed by atoms with Crippen molar-refractivity contribution in [2.24, 2.45) is 0 Å². The number of methoxy groups -OCH3 is 1. The van der Waals surface area contributed by atoms with Gasteiger partial charge in [-0.15, -0.1) is 0 Å². The lowest BCUT2D eigenvalue weighted by molar-refractivity contribution is -0.147. The molecule has 4 N–H and O–H groups in total. The molecule has 0 saturated carbocycles. The van der Waals surface area contributed by atoms with Crippen LogP contribution in [0.2, 0.25) is 0 Å². The maximum atomic E-state index is 12.3. The van der Waals surface area contributed by atoms with E-state index in [0.29, 0.717) is 43.0 Å². The highest BCUT2D eigenvalue weighted by Crippen LogP contribution is 2.23. The SMILES string of the molecule is COCCOc1ccc(N2CCN(CCn3ncc4c(NNC(=O)[C@@H]5CCC(=O)O5)nc(N)nc43)CC2)cc1. The van der Waals surface area contributed by atoms with Gasteiger partial charge in [0.1, 0.15) is 12.4 Å². The second kappa shape index (κ2) is 12.1. The molecule has 0 unspecified atom stereocenters. The van der Waals surface area contributed by atoms with Gasteiger partial charge in [0.2, 0.25) is 5.95 Å². The van der Waals surface area contributed by atoms with Crippen LogP contribution in [0.5, 0.6) is 5.75 Å². The van der Waals surface area contributed by atoms with Crippen molar-refractivity contribution in [3.8, 4) is 5.75 Å². The van der Waals surface area contributed by atoms with Gasteiger partial charge in [0.05, 0.1) is 24.7 Å². The minimum atomic E-state index is -0.817. The summed E-state index contributed by atoms with van der Waals surface area (Å²) in [6, 6.07) is 8.16. The van der Waals surface area contributed by atoms with Crippen LogP contribution in [0.4, 0.5) is 17.5 Å². The molecule has 2 fully saturated rings. The summed E-state index contributed by atoms with van der Waals surface area (Å²) in [5.74, 6) is 0.376. The van der Waals surface area contributed by atoms with E-state index in [2.05, 4.69) is 47.9 Å². The van der Waals surface area contributed by atoms with Crippen molar-refractivity contribution in [2.75, 3.05) is 69.1 Å². The monoisotopic (exact) mass is 539 g/mol. The number of nitrogens with zero attached hydrogens (tertiary/aromatic N) is 6. The maximum Gasteiger partial charge on any atom is 0.306 e. The predicted molar refractivity (Wildman–Crippen MR) is 143 cm³/mol. The number of cyclic esters (lactones) is 1. The van der Waals surface area contributed by atoms with Crippen molar-refractivity contribution in [1.29, 1.82) is 0 Å². The summed E-state index contributed by atoms with van der Waals surface area (Å²) in [6.45, 7) is 6.21. The van der Waals surface area contributed by atoms with Gasteiger partial charge in [0.25, 0.3) is 5.91 Å². The number of nitrogens with one attached hydrogen (secondary N) is 2. The molecule has 0 aliphatic carbocycles. The number of nitrogen functional groups attached to an aromatic ring is 1. The second-order valence-corrected chi connectivity index (χ2v) is 9.33. The first-order valence-electron chi connectivity index (χ1n) is 12.9. The van der Waals surface area contributed by atoms with Crippen LogP contribution in [0.15, 0.2) is 30.5 Å². The van der Waals surface area contributed by atoms with Crippen molar-refractivity contribution in [2.45, 2.75) is 25.5 Å². The van der Waals surface area contributed by atoms with Gasteiger partial charge in [-0.25, -0.2) is 4.68 Å². The van der Waals surface area contributed by atoms with Gasteiger partial charge >= 0.3 is 5.97 Å². The fraction of sp³-hybridized carbons (Fsp3) is 0.480. The van der Waals surface area contributed by atoms with E-state index in [1.807, 2.05) is 12.1 Å². The summed E-state index contributed by atoms with van der Waals surface area (Å²) >= 11 is 0. The van der Waals surface area contributed by atoms with Crippen LogP contribution in [0.1, 0.15) is 12.8 Å². The number of nitrogens with two attached hydrogens (primary N) is 1. The summed E-state index contributed by atoms with van der Waals surface area (Å²) < 4.78 is 17.4. The Balaban J connectivity index is 1.13. The zero-order valence-corrected chi connectivity index (χ0v) is 21.8. The fourth-order valence-corrected chi connectivity index (χ4v) is 4.60. The number of hydrogen-bond acceptors (Lipinski definition) is 12. The molecule has 0 bridgehead atoms. The van der Waals surface area contributed by atoms with Crippen LogP contribution >= 0.6 is 0 Å². The topological polar surface area (TPSA) is 162 Å². The fourth-order valence-electron chi connectivity index (χ4n) is 4.60. The Hall–Kier alpha value is -4.17. The maximum absolute atomic E-state index is 12.3. The van der Waals surface area contributed by atoms with E-state index in [9.17, 15) is 9.59 Å². The van der Waals surface area contributed by atoms with Gasteiger partial charge in [-0.2, -0.15) is 15.1 Å². The molecule has 1 amide bonds. The second-order valence-electron chi connectivity index (χ2n) is 9.33. The third-order valence-electron chi connectivity index (χ3n) is 6.75. The zero-order chi connectivity index (χ0) is 27.2. The van der Waals surface area contributed by atoms with Crippen molar-refractivity contribution >= 4 is 40.4 Å². The Kier molecular flexibility index (Phi) is 8.22. The van der Waals surface area contributed by atoms with Gasteiger partial charge in [-0.3, -0.25) is 25.3 Å². The molecule has 14 nitrogen and oxygen atoms in total. The first-order valence-corrected chi connectivity index (χ1v) is 12.9. The quantitative estimate of drug-likeness (QED) is 0.175. The Morgan fingerprint density at radius 2 is 1.92 bits per heavy atom. The van der Waals surface area contributed by atoms with E-state index in [1.54, 1.807) is 18.0 Å². The van der Waals surface area contributed by atoms with Crippen LogP contribution in [0, 0.1) is 0 Å². The van der Waals surface area contributed by atoms with Crippen molar-refractivity contribution < 1.29 is 23.8 Å². The lowest BCUT2D eigenvalue weighted by atomic mass is 10.2. The minimum absolute atomic E-state index is 0.0528. The first-order chi connectivity index (χ1) is 19.0. The number of aromatic nitrogens is 4. The molecule has 2 aliphatic rings. The number of fused-ring (bicyclic) bond motifs is 1. The Labute approximate surface area is 225 Å². The van der Waals surface area contributed by atoms with Gasteiger partial charge < -0.3 is 24.8 Å². The molecule has 5 rings (SSSR count). The molecular formula is C25H33N9O5. The summed E-state index contributed by atoms with van der Waals surface area (Å²) in [7, 11) is 1.66. The Morgan fingerprint density at radius 3 is 2.64 bits per heavy atom. The molecule has 208 valence electrons. The molecule has 1 atom stereocenters. The summed E-state index contributed by atoms with van der Waals surface area (Å²) in [4.78, 5) is 36.9. The van der Waals surface area contributed by atoms with Gasteiger partial charge in [-0.05, 0) is 24.3 Å². The normalized spacial score (nSPS) is 17.8. The third kappa shape index (κ3) is 6.46. The number of amides is 1. The molecule has 1 aromatic carbocycles. The highest BCUT2D eigenvalue weighted by atomic mass is 16.6. The van der Waals surface area contributed by atoms with Gasteiger partial charge in [-0.1, -0.05) is 0 Å². The molecule has 2 saturated heterocycles. The van der Waals surface area contributed by atoms with Crippen LogP contribution < -0.4 is 26.2 Å². The summed E-state index contributed by atoms with van der Waals surface area (Å²) in [5.41, 5.74) is 13.0. The van der Waals surface area contributed by atoms with Crippen molar-refractivity contribution in [1.82, 2.24) is 30.1 Å². The lowest BCUT2D eigenvalue weighted by Crippen LogP contribution is -2.47. The molecule has 39 heavy (non-hydrogen) atoms. The average molecular weight is 540 g/mol. The van der Waals surface area contributed by atoms with Crippen molar-refractivity contribution in [3.63, 3.8) is 0 Å². The number of benzene rings is 1. The van der Waals surface area contributed by atoms with E-state index in [0.717, 1.165) is 38.5 Å². The molecule has 0 radical (unpaired) electrons. The number of rotatable bonds is 11. The standard InChI is InChI=1S/C25H33N9O5/c1-37-14-15-38-18-4-2-17(3-5-18)33-11-8-32(9-12-33)10-13-34-23-19(16-27-34)22(28-25(26)29-23)30-31-24(36)20-6-7-21(35)39-20/h2-5,16,20H,6-15H2,1H3,(H,31,36)(H3,26,28,29,30)/t20-/m0/s1. The van der Waals surface area contributed by atoms with Gasteiger partial charge in [0, 0.05) is 58.4 Å². The van der Waals surface area contributed by atoms with E-state index < -0.39 is 12.0 Å². The Bertz CT molecular complexity index is 1290. The number of carbonyl (C=O) groups is 2. The molecule has 14 heteroatoms. The van der Waals surface area contributed by atoms with Gasteiger partial charge in [0.15, 0.2) is 17.6 Å².